The lowest BCUT2D eigenvalue weighted by atomic mass is 10.1. The van der Waals surface area contributed by atoms with E-state index in [1.54, 1.807) is 0 Å². The van der Waals surface area contributed by atoms with Gasteiger partial charge in [0, 0.05) is 16.9 Å². The van der Waals surface area contributed by atoms with Crippen molar-refractivity contribution in [3.05, 3.63) is 64.5 Å². The predicted molar refractivity (Wildman–Crippen MR) is 87.0 cm³/mol. The Bertz CT molecular complexity index is 911. The standard InChI is InChI=1S/C17H12F5N3S/c1-2-8-3-5-9(6-4-8)16-23-17(25-24-16)26-7-10-11(18)13(20)15(22)14(21)12(10)19/h3-6H,2,7H2,1H3,(H,23,24,25). The van der Waals surface area contributed by atoms with Crippen molar-refractivity contribution < 1.29 is 22.0 Å². The Morgan fingerprint density at radius 2 is 1.46 bits per heavy atom. The summed E-state index contributed by atoms with van der Waals surface area (Å²) in [5.74, 6) is -9.87. The summed E-state index contributed by atoms with van der Waals surface area (Å²) >= 11 is 0.759. The molecule has 26 heavy (non-hydrogen) atoms. The van der Waals surface area contributed by atoms with Gasteiger partial charge >= 0.3 is 0 Å². The van der Waals surface area contributed by atoms with Crippen LogP contribution in [0, 0.1) is 29.1 Å². The van der Waals surface area contributed by atoms with Crippen LogP contribution in [0.3, 0.4) is 0 Å². The molecule has 136 valence electrons. The van der Waals surface area contributed by atoms with E-state index in [1.165, 1.54) is 0 Å². The zero-order valence-electron chi connectivity index (χ0n) is 13.4. The number of thioether (sulfide) groups is 1. The fourth-order valence-electron chi connectivity index (χ4n) is 2.25. The van der Waals surface area contributed by atoms with Gasteiger partial charge in [0.2, 0.25) is 11.0 Å². The minimum Gasteiger partial charge on any atom is -0.258 e. The van der Waals surface area contributed by atoms with E-state index < -0.39 is 40.4 Å². The van der Waals surface area contributed by atoms with Crippen molar-refractivity contribution in [2.45, 2.75) is 24.3 Å². The van der Waals surface area contributed by atoms with Crippen LogP contribution in [0.4, 0.5) is 22.0 Å². The Balaban J connectivity index is 1.78. The van der Waals surface area contributed by atoms with Crippen molar-refractivity contribution in [2.24, 2.45) is 0 Å². The van der Waals surface area contributed by atoms with E-state index in [0.717, 1.165) is 29.3 Å². The average Bonchev–Trinajstić information content (AvgIpc) is 3.14. The van der Waals surface area contributed by atoms with Crippen molar-refractivity contribution >= 4 is 11.8 Å². The van der Waals surface area contributed by atoms with E-state index in [2.05, 4.69) is 15.2 Å². The molecule has 0 spiro atoms. The molecule has 3 nitrogen and oxygen atoms in total. The van der Waals surface area contributed by atoms with Gasteiger partial charge in [0.25, 0.3) is 0 Å². The molecule has 1 N–H and O–H groups in total. The molecule has 3 rings (SSSR count). The van der Waals surface area contributed by atoms with Crippen molar-refractivity contribution in [2.75, 3.05) is 0 Å². The third kappa shape index (κ3) is 3.44. The van der Waals surface area contributed by atoms with Crippen LogP contribution in [0.25, 0.3) is 11.4 Å². The third-order valence-electron chi connectivity index (χ3n) is 3.75. The molecule has 0 aliphatic carbocycles. The quantitative estimate of drug-likeness (QED) is 0.290. The monoisotopic (exact) mass is 385 g/mol. The molecule has 0 amide bonds. The Labute approximate surface area is 149 Å². The normalized spacial score (nSPS) is 11.2. The summed E-state index contributed by atoms with van der Waals surface area (Å²) in [4.78, 5) is 4.16. The highest BCUT2D eigenvalue weighted by Gasteiger charge is 2.25. The molecule has 2 aromatic carbocycles. The summed E-state index contributed by atoms with van der Waals surface area (Å²) < 4.78 is 66.8. The number of nitrogens with one attached hydrogen (secondary N) is 1. The molecular weight excluding hydrogens is 373 g/mol. The number of H-pyrrole nitrogens is 1. The van der Waals surface area contributed by atoms with Crippen molar-refractivity contribution in [3.63, 3.8) is 0 Å². The molecule has 3 aromatic rings. The molecule has 9 heteroatoms. The molecule has 1 heterocycles. The van der Waals surface area contributed by atoms with E-state index in [9.17, 15) is 22.0 Å². The van der Waals surface area contributed by atoms with Crippen LogP contribution in [0.2, 0.25) is 0 Å². The highest BCUT2D eigenvalue weighted by molar-refractivity contribution is 7.98. The number of halogens is 5. The van der Waals surface area contributed by atoms with Crippen LogP contribution in [0.5, 0.6) is 0 Å². The fraction of sp³-hybridized carbons (Fsp3) is 0.176. The van der Waals surface area contributed by atoms with E-state index >= 15 is 0 Å². The van der Waals surface area contributed by atoms with Gasteiger partial charge in [0.15, 0.2) is 29.1 Å². The maximum atomic E-state index is 13.7. The number of rotatable bonds is 5. The number of aryl methyl sites for hydroxylation is 1. The van der Waals surface area contributed by atoms with Gasteiger partial charge in [0.05, 0.1) is 0 Å². The molecule has 0 fully saturated rings. The fourth-order valence-corrected chi connectivity index (χ4v) is 3.05. The van der Waals surface area contributed by atoms with Gasteiger partial charge in [-0.3, -0.25) is 5.10 Å². The van der Waals surface area contributed by atoms with E-state index in [4.69, 9.17) is 0 Å². The van der Waals surface area contributed by atoms with Gasteiger partial charge in [-0.15, -0.1) is 5.10 Å². The lowest BCUT2D eigenvalue weighted by molar-refractivity contribution is 0.372. The summed E-state index contributed by atoms with van der Waals surface area (Å²) in [7, 11) is 0. The van der Waals surface area contributed by atoms with Crippen LogP contribution >= 0.6 is 11.8 Å². The van der Waals surface area contributed by atoms with Gasteiger partial charge in [-0.05, 0) is 12.0 Å². The van der Waals surface area contributed by atoms with Gasteiger partial charge in [-0.2, -0.15) is 0 Å². The molecule has 0 aliphatic heterocycles. The van der Waals surface area contributed by atoms with Crippen LogP contribution < -0.4 is 0 Å². The molecule has 0 saturated heterocycles. The molecule has 0 saturated carbocycles. The van der Waals surface area contributed by atoms with Crippen molar-refractivity contribution in [3.8, 4) is 11.4 Å². The Morgan fingerprint density at radius 3 is 2.04 bits per heavy atom. The van der Waals surface area contributed by atoms with E-state index in [0.29, 0.717) is 5.82 Å². The second-order valence-corrected chi connectivity index (χ2v) is 6.30. The number of nitrogens with zero attached hydrogens (tertiary/aromatic N) is 2. The van der Waals surface area contributed by atoms with Crippen LogP contribution in [0.15, 0.2) is 29.4 Å². The molecular formula is C17H12F5N3S. The van der Waals surface area contributed by atoms with Crippen LogP contribution in [-0.2, 0) is 12.2 Å². The van der Waals surface area contributed by atoms with Crippen LogP contribution in [-0.4, -0.2) is 15.2 Å². The topological polar surface area (TPSA) is 41.6 Å². The number of hydrogen-bond donors (Lipinski definition) is 1. The van der Waals surface area contributed by atoms with Gasteiger partial charge < -0.3 is 0 Å². The minimum absolute atomic E-state index is 0.128. The van der Waals surface area contributed by atoms with E-state index in [1.807, 2.05) is 31.2 Å². The van der Waals surface area contributed by atoms with Gasteiger partial charge in [0.1, 0.15) is 0 Å². The smallest absolute Gasteiger partial charge is 0.209 e. The molecule has 0 aliphatic rings. The SMILES string of the molecule is CCc1ccc(-c2nc(SCc3c(F)c(F)c(F)c(F)c3F)n[nH]2)cc1. The average molecular weight is 385 g/mol. The molecule has 0 unspecified atom stereocenters. The first-order valence-electron chi connectivity index (χ1n) is 7.57. The molecule has 0 atom stereocenters. The first-order chi connectivity index (χ1) is 12.4. The first kappa shape index (κ1) is 18.4. The molecule has 0 radical (unpaired) electrons. The lowest BCUT2D eigenvalue weighted by Crippen LogP contribution is -2.06. The van der Waals surface area contributed by atoms with Crippen molar-refractivity contribution in [1.82, 2.24) is 15.2 Å². The summed E-state index contributed by atoms with van der Waals surface area (Å²) in [6, 6.07) is 7.55. The molecule has 0 bridgehead atoms. The maximum absolute atomic E-state index is 13.7. The summed E-state index contributed by atoms with van der Waals surface area (Å²) in [5, 5.41) is 6.70. The minimum atomic E-state index is -2.18. The summed E-state index contributed by atoms with van der Waals surface area (Å²) in [6.07, 6.45) is 0.889. The number of hydrogen-bond acceptors (Lipinski definition) is 3. The number of aromatic amines is 1. The van der Waals surface area contributed by atoms with Crippen molar-refractivity contribution in [1.29, 1.82) is 0 Å². The Kier molecular flexibility index (Phi) is 5.26. The lowest BCUT2D eigenvalue weighted by Gasteiger charge is -2.06. The number of aromatic nitrogens is 3. The van der Waals surface area contributed by atoms with E-state index in [-0.39, 0.29) is 5.16 Å². The third-order valence-corrected chi connectivity index (χ3v) is 4.62. The zero-order valence-corrected chi connectivity index (χ0v) is 14.2. The summed E-state index contributed by atoms with van der Waals surface area (Å²) in [5.41, 5.74) is 0.997. The van der Waals surface area contributed by atoms with Gasteiger partial charge in [-0.25, -0.2) is 26.9 Å². The first-order valence-corrected chi connectivity index (χ1v) is 8.55. The maximum Gasteiger partial charge on any atom is 0.209 e. The Morgan fingerprint density at radius 1 is 0.885 bits per heavy atom. The number of benzene rings is 2. The highest BCUT2D eigenvalue weighted by atomic mass is 32.2. The Hall–Kier alpha value is -2.42. The molecule has 1 aromatic heterocycles. The zero-order chi connectivity index (χ0) is 18.8. The highest BCUT2D eigenvalue weighted by Crippen LogP contribution is 2.29. The largest absolute Gasteiger partial charge is 0.258 e. The van der Waals surface area contributed by atoms with Gasteiger partial charge in [-0.1, -0.05) is 43.0 Å². The second-order valence-electron chi connectivity index (χ2n) is 5.35. The summed E-state index contributed by atoms with van der Waals surface area (Å²) in [6.45, 7) is 2.03. The van der Waals surface area contributed by atoms with Crippen LogP contribution in [0.1, 0.15) is 18.1 Å². The second kappa shape index (κ2) is 7.45. The predicted octanol–water partition coefficient (Wildman–Crippen LogP) is 5.02.